The van der Waals surface area contributed by atoms with Gasteiger partial charge in [0.1, 0.15) is 28.4 Å². The maximum absolute atomic E-state index is 13.9. The zero-order chi connectivity index (χ0) is 29.9. The van der Waals surface area contributed by atoms with E-state index in [1.807, 2.05) is 37.3 Å². The Labute approximate surface area is 242 Å². The van der Waals surface area contributed by atoms with Crippen LogP contribution in [-0.4, -0.2) is 23.5 Å². The number of cyclic esters (lactones) is 1. The molecule has 218 valence electrons. The van der Waals surface area contributed by atoms with Crippen LogP contribution in [0.4, 0.5) is 0 Å². The first kappa shape index (κ1) is 30.3. The van der Waals surface area contributed by atoms with Gasteiger partial charge in [0.15, 0.2) is 0 Å². The lowest BCUT2D eigenvalue weighted by Crippen LogP contribution is -2.47. The van der Waals surface area contributed by atoms with Gasteiger partial charge in [0.25, 0.3) is 5.79 Å². The van der Waals surface area contributed by atoms with Gasteiger partial charge in [0.2, 0.25) is 0 Å². The van der Waals surface area contributed by atoms with Crippen LogP contribution in [0, 0.1) is 12.8 Å². The number of aryl methyl sites for hydroxylation is 2. The number of benzene rings is 2. The molecule has 0 radical (unpaired) electrons. The molecule has 0 N–H and O–H groups in total. The molecule has 7 heteroatoms. The summed E-state index contributed by atoms with van der Waals surface area (Å²) in [6.45, 7) is 12.2. The highest BCUT2D eigenvalue weighted by Gasteiger charge is 2.51. The van der Waals surface area contributed by atoms with Gasteiger partial charge in [-0.05, 0) is 71.9 Å². The third-order valence-electron chi connectivity index (χ3n) is 8.46. The number of hydrogen-bond acceptors (Lipinski definition) is 7. The molecule has 5 rings (SSSR count). The van der Waals surface area contributed by atoms with Crippen molar-refractivity contribution in [2.24, 2.45) is 5.92 Å². The maximum Gasteiger partial charge on any atom is 0.373 e. The number of fused-ring (bicyclic) bond motifs is 5. The summed E-state index contributed by atoms with van der Waals surface area (Å²) in [6, 6.07) is 9.74. The Hall–Kier alpha value is -3.70. The normalized spacial score (nSPS) is 23.5. The van der Waals surface area contributed by atoms with Crippen molar-refractivity contribution in [3.63, 3.8) is 0 Å². The molecule has 0 aromatic heterocycles. The van der Waals surface area contributed by atoms with Gasteiger partial charge in [-0.3, -0.25) is 4.79 Å². The van der Waals surface area contributed by atoms with Crippen LogP contribution in [-0.2, 0) is 31.3 Å². The van der Waals surface area contributed by atoms with Gasteiger partial charge in [0.05, 0.1) is 6.42 Å². The first-order valence-corrected chi connectivity index (χ1v) is 14.5. The van der Waals surface area contributed by atoms with Crippen molar-refractivity contribution >= 4 is 17.9 Å². The third kappa shape index (κ3) is 6.01. The minimum absolute atomic E-state index is 0.0555. The molecule has 1 aliphatic carbocycles. The molecule has 3 aliphatic rings. The van der Waals surface area contributed by atoms with E-state index in [4.69, 9.17) is 23.8 Å². The zero-order valence-electron chi connectivity index (χ0n) is 24.9. The summed E-state index contributed by atoms with van der Waals surface area (Å²) in [5, 5.41) is 0. The van der Waals surface area contributed by atoms with Crippen LogP contribution in [0.3, 0.4) is 0 Å². The van der Waals surface area contributed by atoms with Gasteiger partial charge in [-0.15, -0.1) is 0 Å². The van der Waals surface area contributed by atoms with Crippen LogP contribution in [0.25, 0.3) is 0 Å². The SMILES string of the molecule is CCCCCc1cc2c(c3c1C(=O)OC(CC(C)=O)(c1ccc(C)cc1)O3)C1C=C(C)CCC1C(C)(C)O2.O=C=O. The number of hydrogen-bond donors (Lipinski definition) is 0. The van der Waals surface area contributed by atoms with Gasteiger partial charge in [-0.2, -0.15) is 9.59 Å². The van der Waals surface area contributed by atoms with Gasteiger partial charge in [0, 0.05) is 23.0 Å². The van der Waals surface area contributed by atoms with Crippen LogP contribution in [0.1, 0.15) is 112 Å². The third-order valence-corrected chi connectivity index (χ3v) is 8.46. The average Bonchev–Trinajstić information content (AvgIpc) is 2.88. The molecule has 41 heavy (non-hydrogen) atoms. The fraction of sp³-hybridized carbons (Fsp3) is 0.500. The molecule has 0 fully saturated rings. The molecule has 2 aromatic carbocycles. The summed E-state index contributed by atoms with van der Waals surface area (Å²) in [6.07, 6.45) is 8.40. The molecule has 0 bridgehead atoms. The molecule has 0 saturated carbocycles. The van der Waals surface area contributed by atoms with Crippen LogP contribution < -0.4 is 9.47 Å². The lowest BCUT2D eigenvalue weighted by Gasteiger charge is -2.48. The number of rotatable bonds is 7. The number of ether oxygens (including phenoxy) is 3. The van der Waals surface area contributed by atoms with Gasteiger partial charge >= 0.3 is 12.1 Å². The molecular formula is C34H40O7. The van der Waals surface area contributed by atoms with E-state index in [1.54, 1.807) is 0 Å². The monoisotopic (exact) mass is 560 g/mol. The first-order chi connectivity index (χ1) is 19.5. The van der Waals surface area contributed by atoms with Crippen molar-refractivity contribution in [2.45, 2.75) is 104 Å². The van der Waals surface area contributed by atoms with E-state index in [1.165, 1.54) is 12.5 Å². The standard InChI is InChI=1S/C33H40O5.CO2/c1-7-8-9-10-23-18-27-29(25-17-21(3)13-16-26(25)32(5,6)36-27)30-28(23)31(35)38-33(37-30,19-22(4)34)24-14-11-20(2)12-15-24;2-1-3/h11-12,14-15,17-18,25-26H,7-10,13,16,19H2,1-6H3;. The number of carbonyl (C=O) groups is 2. The van der Waals surface area contributed by atoms with Gasteiger partial charge in [-0.1, -0.05) is 61.2 Å². The number of Topliss-reactive ketones (excluding diaryl/α,β-unsaturated/α-hetero) is 1. The number of allylic oxidation sites excluding steroid dienone is 2. The molecule has 0 spiro atoms. The summed E-state index contributed by atoms with van der Waals surface area (Å²) in [7, 11) is 0. The van der Waals surface area contributed by atoms with E-state index in [0.717, 1.165) is 61.0 Å². The van der Waals surface area contributed by atoms with Crippen molar-refractivity contribution in [1.29, 1.82) is 0 Å². The Morgan fingerprint density at radius 3 is 2.37 bits per heavy atom. The first-order valence-electron chi connectivity index (χ1n) is 14.5. The second kappa shape index (κ2) is 12.0. The Balaban J connectivity index is 0.00000124. The van der Waals surface area contributed by atoms with Crippen molar-refractivity contribution in [1.82, 2.24) is 0 Å². The van der Waals surface area contributed by atoms with Gasteiger partial charge < -0.3 is 14.2 Å². The Bertz CT molecular complexity index is 1380. The lowest BCUT2D eigenvalue weighted by molar-refractivity contribution is -0.191. The van der Waals surface area contributed by atoms with Crippen LogP contribution in [0.5, 0.6) is 11.5 Å². The van der Waals surface area contributed by atoms with Crippen molar-refractivity contribution in [3.05, 3.63) is 69.8 Å². The van der Waals surface area contributed by atoms with Crippen LogP contribution in [0.2, 0.25) is 0 Å². The molecule has 2 aliphatic heterocycles. The van der Waals surface area contributed by atoms with Crippen LogP contribution >= 0.6 is 0 Å². The smallest absolute Gasteiger partial charge is 0.373 e. The van der Waals surface area contributed by atoms with E-state index in [9.17, 15) is 9.59 Å². The van der Waals surface area contributed by atoms with E-state index >= 15 is 0 Å². The summed E-state index contributed by atoms with van der Waals surface area (Å²) in [5.74, 6) is -0.447. The molecule has 7 nitrogen and oxygen atoms in total. The Morgan fingerprint density at radius 2 is 1.73 bits per heavy atom. The summed E-state index contributed by atoms with van der Waals surface area (Å²) < 4.78 is 19.7. The lowest BCUT2D eigenvalue weighted by atomic mass is 9.67. The minimum atomic E-state index is -1.52. The summed E-state index contributed by atoms with van der Waals surface area (Å²) in [5.41, 5.74) is 5.01. The molecule has 2 heterocycles. The van der Waals surface area contributed by atoms with E-state index in [2.05, 4.69) is 33.8 Å². The number of esters is 1. The topological polar surface area (TPSA) is 96.0 Å². The van der Waals surface area contributed by atoms with Gasteiger partial charge in [-0.25, -0.2) is 4.79 Å². The summed E-state index contributed by atoms with van der Waals surface area (Å²) >= 11 is 0. The highest BCUT2D eigenvalue weighted by Crippen LogP contribution is 2.57. The summed E-state index contributed by atoms with van der Waals surface area (Å²) in [4.78, 5) is 42.8. The maximum atomic E-state index is 13.9. The second-order valence-electron chi connectivity index (χ2n) is 12.1. The highest BCUT2D eigenvalue weighted by atomic mass is 16.7. The van der Waals surface area contributed by atoms with Crippen molar-refractivity contribution < 1.29 is 33.4 Å². The second-order valence-corrected chi connectivity index (χ2v) is 12.1. The van der Waals surface area contributed by atoms with Crippen LogP contribution in [0.15, 0.2) is 42.0 Å². The van der Waals surface area contributed by atoms with E-state index in [-0.39, 0.29) is 35.8 Å². The largest absolute Gasteiger partial charge is 0.487 e. The quantitative estimate of drug-likeness (QED) is 0.202. The number of unbranched alkanes of at least 4 members (excludes halogenated alkanes) is 2. The van der Waals surface area contributed by atoms with E-state index in [0.29, 0.717) is 16.9 Å². The molecule has 2 aromatic rings. The van der Waals surface area contributed by atoms with E-state index < -0.39 is 11.8 Å². The Morgan fingerprint density at radius 1 is 1.05 bits per heavy atom. The predicted octanol–water partition coefficient (Wildman–Crippen LogP) is 7.14. The fourth-order valence-corrected chi connectivity index (χ4v) is 6.50. The molecule has 0 saturated heterocycles. The molecule has 0 amide bonds. The Kier molecular flexibility index (Phi) is 8.89. The zero-order valence-corrected chi connectivity index (χ0v) is 24.9. The predicted molar refractivity (Wildman–Crippen MR) is 153 cm³/mol. The molecule has 3 unspecified atom stereocenters. The number of carbonyl (C=O) groups excluding carboxylic acids is 4. The minimum Gasteiger partial charge on any atom is -0.487 e. The molecular weight excluding hydrogens is 520 g/mol. The average molecular weight is 561 g/mol. The molecule has 3 atom stereocenters. The number of ketones is 1. The van der Waals surface area contributed by atoms with Crippen molar-refractivity contribution in [2.75, 3.05) is 0 Å². The highest BCUT2D eigenvalue weighted by molar-refractivity contribution is 5.97. The fourth-order valence-electron chi connectivity index (χ4n) is 6.50. The van der Waals surface area contributed by atoms with Crippen molar-refractivity contribution in [3.8, 4) is 11.5 Å².